The van der Waals surface area contributed by atoms with Crippen molar-refractivity contribution in [3.05, 3.63) is 18.0 Å². The molecule has 0 radical (unpaired) electrons. The zero-order chi connectivity index (χ0) is 18.4. The van der Waals surface area contributed by atoms with E-state index in [1.54, 1.807) is 0 Å². The number of hydrogen-bond donors (Lipinski definition) is 1. The van der Waals surface area contributed by atoms with Crippen molar-refractivity contribution in [2.75, 3.05) is 45.8 Å². The number of aromatic nitrogens is 2. The highest BCUT2D eigenvalue weighted by molar-refractivity contribution is 14.0. The normalized spacial score (nSPS) is 22.6. The van der Waals surface area contributed by atoms with Crippen LogP contribution in [0.5, 0.6) is 0 Å². The van der Waals surface area contributed by atoms with Crippen LogP contribution >= 0.6 is 24.0 Å². The van der Waals surface area contributed by atoms with Crippen molar-refractivity contribution in [1.29, 1.82) is 0 Å². The molecule has 27 heavy (non-hydrogen) atoms. The molecule has 1 N–H and O–H groups in total. The Morgan fingerprint density at radius 3 is 2.74 bits per heavy atom. The average molecular weight is 488 g/mol. The lowest BCUT2D eigenvalue weighted by Gasteiger charge is -2.29. The van der Waals surface area contributed by atoms with Crippen molar-refractivity contribution >= 4 is 29.9 Å². The molecule has 1 aromatic rings. The minimum absolute atomic E-state index is 0. The number of rotatable bonds is 6. The second-order valence-corrected chi connectivity index (χ2v) is 8.04. The first-order chi connectivity index (χ1) is 12.7. The summed E-state index contributed by atoms with van der Waals surface area (Å²) in [5, 5.41) is 7.83. The Hall–Kier alpha value is -0.830. The minimum atomic E-state index is 0. The first-order valence-corrected chi connectivity index (χ1v) is 10.4. The van der Waals surface area contributed by atoms with Crippen LogP contribution in [0.15, 0.2) is 17.4 Å². The molecule has 2 aliphatic rings. The van der Waals surface area contributed by atoms with E-state index >= 15 is 0 Å². The van der Waals surface area contributed by atoms with Gasteiger partial charge in [0, 0.05) is 51.9 Å². The molecule has 3 heterocycles. The van der Waals surface area contributed by atoms with Gasteiger partial charge in [0.1, 0.15) is 0 Å². The predicted molar refractivity (Wildman–Crippen MR) is 123 cm³/mol. The highest BCUT2D eigenvalue weighted by atomic mass is 127. The highest BCUT2D eigenvalue weighted by Crippen LogP contribution is 2.26. The SMILES string of the molecule is CCNC(=NCC(C)CN1CCCCC1)N1CCC(c2cnn(C)c2)C1.I. The van der Waals surface area contributed by atoms with Crippen LogP contribution in [0.1, 0.15) is 51.0 Å². The number of halogens is 1. The number of guanidine groups is 1. The van der Waals surface area contributed by atoms with Gasteiger partial charge in [0.25, 0.3) is 0 Å². The Morgan fingerprint density at radius 2 is 2.07 bits per heavy atom. The van der Waals surface area contributed by atoms with Gasteiger partial charge < -0.3 is 15.1 Å². The van der Waals surface area contributed by atoms with Gasteiger partial charge >= 0.3 is 0 Å². The second-order valence-electron chi connectivity index (χ2n) is 8.04. The summed E-state index contributed by atoms with van der Waals surface area (Å²) in [5.41, 5.74) is 1.35. The van der Waals surface area contributed by atoms with Gasteiger partial charge in [-0.05, 0) is 50.8 Å². The van der Waals surface area contributed by atoms with Crippen molar-refractivity contribution in [2.45, 2.75) is 45.4 Å². The monoisotopic (exact) mass is 488 g/mol. The third-order valence-electron chi connectivity index (χ3n) is 5.59. The van der Waals surface area contributed by atoms with E-state index < -0.39 is 0 Å². The van der Waals surface area contributed by atoms with Crippen LogP contribution in [-0.2, 0) is 7.05 Å². The number of nitrogens with one attached hydrogen (secondary N) is 1. The van der Waals surface area contributed by atoms with E-state index in [4.69, 9.17) is 4.99 Å². The maximum absolute atomic E-state index is 4.98. The molecule has 0 amide bonds. The molecule has 2 aliphatic heterocycles. The van der Waals surface area contributed by atoms with Gasteiger partial charge in [0.15, 0.2) is 5.96 Å². The Bertz CT molecular complexity index is 581. The molecular weight excluding hydrogens is 451 g/mol. The molecule has 0 aliphatic carbocycles. The van der Waals surface area contributed by atoms with Crippen LogP contribution in [0.25, 0.3) is 0 Å². The first-order valence-electron chi connectivity index (χ1n) is 10.4. The van der Waals surface area contributed by atoms with Gasteiger partial charge in [-0.2, -0.15) is 5.10 Å². The number of hydrogen-bond acceptors (Lipinski definition) is 3. The molecule has 0 aromatic carbocycles. The molecule has 1 aromatic heterocycles. The molecule has 3 rings (SSSR count). The second kappa shape index (κ2) is 11.2. The summed E-state index contributed by atoms with van der Waals surface area (Å²) in [5.74, 6) is 2.26. The Labute approximate surface area is 181 Å². The molecule has 0 bridgehead atoms. The predicted octanol–water partition coefficient (Wildman–Crippen LogP) is 2.91. The lowest BCUT2D eigenvalue weighted by Crippen LogP contribution is -2.40. The maximum atomic E-state index is 4.98. The summed E-state index contributed by atoms with van der Waals surface area (Å²) in [6.07, 6.45) is 9.47. The van der Waals surface area contributed by atoms with E-state index in [0.717, 1.165) is 32.1 Å². The van der Waals surface area contributed by atoms with Crippen LogP contribution in [0.2, 0.25) is 0 Å². The summed E-state index contributed by atoms with van der Waals surface area (Å²) in [6.45, 7) is 12.2. The van der Waals surface area contributed by atoms with Crippen molar-refractivity contribution in [1.82, 2.24) is 24.9 Å². The van der Waals surface area contributed by atoms with E-state index in [9.17, 15) is 0 Å². The van der Waals surface area contributed by atoms with Crippen molar-refractivity contribution < 1.29 is 0 Å². The smallest absolute Gasteiger partial charge is 0.193 e. The number of aliphatic imine (C=N–C) groups is 1. The van der Waals surface area contributed by atoms with Gasteiger partial charge in [-0.3, -0.25) is 9.67 Å². The molecule has 0 saturated carbocycles. The topological polar surface area (TPSA) is 48.7 Å². The van der Waals surface area contributed by atoms with E-state index in [2.05, 4.69) is 40.3 Å². The number of likely N-dealkylation sites (tertiary alicyclic amines) is 2. The van der Waals surface area contributed by atoms with Gasteiger partial charge in [-0.25, -0.2) is 0 Å². The molecule has 6 nitrogen and oxygen atoms in total. The van der Waals surface area contributed by atoms with Crippen molar-refractivity contribution in [3.63, 3.8) is 0 Å². The Kier molecular flexibility index (Phi) is 9.35. The standard InChI is InChI=1S/C20H36N6.HI/c1-4-21-20(22-12-17(2)14-25-9-6-5-7-10-25)26-11-8-18(16-26)19-13-23-24(3)15-19;/h13,15,17-18H,4-12,14,16H2,1-3H3,(H,21,22);1H. The van der Waals surface area contributed by atoms with Crippen molar-refractivity contribution in [2.24, 2.45) is 18.0 Å². The fourth-order valence-electron chi connectivity index (χ4n) is 4.18. The first kappa shape index (κ1) is 22.5. The minimum Gasteiger partial charge on any atom is -0.357 e. The zero-order valence-electron chi connectivity index (χ0n) is 17.2. The molecule has 2 fully saturated rings. The molecule has 154 valence electrons. The van der Waals surface area contributed by atoms with E-state index in [-0.39, 0.29) is 24.0 Å². The van der Waals surface area contributed by atoms with Gasteiger partial charge in [0.2, 0.25) is 0 Å². The highest BCUT2D eigenvalue weighted by Gasteiger charge is 2.27. The van der Waals surface area contributed by atoms with Crippen LogP contribution < -0.4 is 5.32 Å². The molecule has 2 saturated heterocycles. The average Bonchev–Trinajstić information content (AvgIpc) is 3.28. The zero-order valence-corrected chi connectivity index (χ0v) is 19.6. The van der Waals surface area contributed by atoms with E-state index in [1.807, 2.05) is 17.9 Å². The van der Waals surface area contributed by atoms with Crippen LogP contribution in [0.4, 0.5) is 0 Å². The quantitative estimate of drug-likeness (QED) is 0.380. The van der Waals surface area contributed by atoms with Gasteiger partial charge in [-0.15, -0.1) is 24.0 Å². The third kappa shape index (κ3) is 6.62. The van der Waals surface area contributed by atoms with Gasteiger partial charge in [-0.1, -0.05) is 13.3 Å². The fraction of sp³-hybridized carbons (Fsp3) is 0.800. The summed E-state index contributed by atoms with van der Waals surface area (Å²) in [4.78, 5) is 10.0. The number of aryl methyl sites for hydroxylation is 1. The molecule has 0 spiro atoms. The Balaban J connectivity index is 0.00000261. The molecule has 7 heteroatoms. The summed E-state index contributed by atoms with van der Waals surface area (Å²) < 4.78 is 1.90. The molecular formula is C20H37IN6. The van der Waals surface area contributed by atoms with Crippen LogP contribution in [0, 0.1) is 5.92 Å². The molecule has 2 unspecified atom stereocenters. The summed E-state index contributed by atoms with van der Waals surface area (Å²) in [7, 11) is 1.99. The maximum Gasteiger partial charge on any atom is 0.193 e. The van der Waals surface area contributed by atoms with Crippen LogP contribution in [0.3, 0.4) is 0 Å². The van der Waals surface area contributed by atoms with E-state index in [0.29, 0.717) is 11.8 Å². The lowest BCUT2D eigenvalue weighted by molar-refractivity contribution is 0.202. The fourth-order valence-corrected chi connectivity index (χ4v) is 4.18. The summed E-state index contributed by atoms with van der Waals surface area (Å²) in [6, 6.07) is 0. The number of piperidine rings is 1. The molecule has 2 atom stereocenters. The Morgan fingerprint density at radius 1 is 1.30 bits per heavy atom. The lowest BCUT2D eigenvalue weighted by atomic mass is 10.0. The van der Waals surface area contributed by atoms with Crippen LogP contribution in [-0.4, -0.2) is 71.4 Å². The van der Waals surface area contributed by atoms with Crippen molar-refractivity contribution in [3.8, 4) is 0 Å². The third-order valence-corrected chi connectivity index (χ3v) is 5.59. The van der Waals surface area contributed by atoms with E-state index in [1.165, 1.54) is 50.9 Å². The number of nitrogens with zero attached hydrogens (tertiary/aromatic N) is 5. The largest absolute Gasteiger partial charge is 0.357 e. The summed E-state index contributed by atoms with van der Waals surface area (Å²) >= 11 is 0. The van der Waals surface area contributed by atoms with Gasteiger partial charge in [0.05, 0.1) is 6.20 Å².